The highest BCUT2D eigenvalue weighted by atomic mass is 16.5. The summed E-state index contributed by atoms with van der Waals surface area (Å²) >= 11 is 0. The summed E-state index contributed by atoms with van der Waals surface area (Å²) in [6, 6.07) is 8.09. The highest BCUT2D eigenvalue weighted by Gasteiger charge is 2.59. The van der Waals surface area contributed by atoms with E-state index < -0.39 is 0 Å². The fraction of sp³-hybridized carbons (Fsp3) is 0.593. The molecule has 0 heterocycles. The molecule has 0 aliphatic heterocycles. The standard InChI is InChI=1S/C27H35NO3/c1-26-12-10-20(29)16-19(26)6-9-22-23(26)11-13-27(2)24(22)15-18(25(27)28-30)14-17-4-7-21(31-3)8-5-17/h4-8,14,20,22-24,29-30H,9-13,15-16H2,1-3H3/t20-,22+,23-,24-,26-,27-/m0/s1. The fourth-order valence-electron chi connectivity index (χ4n) is 7.54. The molecule has 31 heavy (non-hydrogen) atoms. The van der Waals surface area contributed by atoms with E-state index in [4.69, 9.17) is 4.74 Å². The first kappa shape index (κ1) is 20.8. The molecule has 4 heteroatoms. The van der Waals surface area contributed by atoms with Crippen LogP contribution in [0.1, 0.15) is 64.4 Å². The zero-order chi connectivity index (χ0) is 21.8. The van der Waals surface area contributed by atoms with Crippen molar-refractivity contribution in [1.29, 1.82) is 0 Å². The van der Waals surface area contributed by atoms with E-state index in [-0.39, 0.29) is 16.9 Å². The lowest BCUT2D eigenvalue weighted by atomic mass is 9.48. The predicted octanol–water partition coefficient (Wildman–Crippen LogP) is 5.84. The summed E-state index contributed by atoms with van der Waals surface area (Å²) < 4.78 is 5.29. The molecule has 0 saturated heterocycles. The highest BCUT2D eigenvalue weighted by Crippen LogP contribution is 2.65. The minimum absolute atomic E-state index is 0.0654. The molecule has 0 radical (unpaired) electrons. The van der Waals surface area contributed by atoms with Crippen molar-refractivity contribution >= 4 is 11.8 Å². The third-order valence-corrected chi connectivity index (χ3v) is 9.31. The number of ether oxygens (including phenoxy) is 1. The molecule has 0 amide bonds. The topological polar surface area (TPSA) is 62.0 Å². The Hall–Kier alpha value is -2.07. The molecule has 3 saturated carbocycles. The van der Waals surface area contributed by atoms with Gasteiger partial charge in [0.05, 0.1) is 18.9 Å². The van der Waals surface area contributed by atoms with Crippen LogP contribution in [-0.2, 0) is 0 Å². The van der Waals surface area contributed by atoms with Gasteiger partial charge in [0.1, 0.15) is 5.75 Å². The van der Waals surface area contributed by atoms with Gasteiger partial charge in [0.15, 0.2) is 0 Å². The van der Waals surface area contributed by atoms with Crippen LogP contribution >= 0.6 is 0 Å². The van der Waals surface area contributed by atoms with Crippen LogP contribution < -0.4 is 4.74 Å². The average molecular weight is 422 g/mol. The average Bonchev–Trinajstić information content (AvgIpc) is 3.05. The Morgan fingerprint density at radius 1 is 1.03 bits per heavy atom. The maximum absolute atomic E-state index is 10.2. The minimum atomic E-state index is -0.164. The van der Waals surface area contributed by atoms with Crippen molar-refractivity contribution in [2.75, 3.05) is 7.11 Å². The molecule has 4 nitrogen and oxygen atoms in total. The number of aliphatic hydroxyl groups is 1. The molecular formula is C27H35NO3. The van der Waals surface area contributed by atoms with E-state index in [0.717, 1.165) is 55.5 Å². The molecule has 166 valence electrons. The number of allylic oxidation sites excluding steroid dienone is 2. The first-order chi connectivity index (χ1) is 14.9. The van der Waals surface area contributed by atoms with Gasteiger partial charge in [-0.15, -0.1) is 0 Å². The molecule has 2 N–H and O–H groups in total. The van der Waals surface area contributed by atoms with Gasteiger partial charge in [0.25, 0.3) is 0 Å². The molecule has 0 unspecified atom stereocenters. The molecule has 5 rings (SSSR count). The van der Waals surface area contributed by atoms with E-state index >= 15 is 0 Å². The lowest BCUT2D eigenvalue weighted by molar-refractivity contribution is -0.0206. The second-order valence-electron chi connectivity index (χ2n) is 10.7. The van der Waals surface area contributed by atoms with Gasteiger partial charge >= 0.3 is 0 Å². The molecular weight excluding hydrogens is 386 g/mol. The van der Waals surface area contributed by atoms with Crippen LogP contribution in [0.15, 0.2) is 46.6 Å². The van der Waals surface area contributed by atoms with E-state index in [1.54, 1.807) is 7.11 Å². The molecule has 3 fully saturated rings. The number of hydrogen-bond donors (Lipinski definition) is 2. The number of rotatable bonds is 2. The van der Waals surface area contributed by atoms with Gasteiger partial charge in [-0.3, -0.25) is 0 Å². The Labute approximate surface area is 185 Å². The van der Waals surface area contributed by atoms with Crippen LogP contribution in [-0.4, -0.2) is 29.2 Å². The number of nitrogens with zero attached hydrogens (tertiary/aromatic N) is 1. The van der Waals surface area contributed by atoms with Crippen molar-refractivity contribution in [2.24, 2.45) is 33.7 Å². The van der Waals surface area contributed by atoms with E-state index in [1.165, 1.54) is 17.6 Å². The van der Waals surface area contributed by atoms with Gasteiger partial charge in [0, 0.05) is 5.41 Å². The molecule has 6 atom stereocenters. The summed E-state index contributed by atoms with van der Waals surface area (Å²) in [6.45, 7) is 4.78. The summed E-state index contributed by atoms with van der Waals surface area (Å²) in [5, 5.41) is 24.2. The number of fused-ring (bicyclic) bond motifs is 5. The van der Waals surface area contributed by atoms with Crippen molar-refractivity contribution in [3.05, 3.63) is 47.1 Å². The van der Waals surface area contributed by atoms with Crippen LogP contribution in [0.25, 0.3) is 6.08 Å². The Balaban J connectivity index is 1.48. The summed E-state index contributed by atoms with van der Waals surface area (Å²) in [5.41, 5.74) is 4.85. The third-order valence-electron chi connectivity index (χ3n) is 9.31. The van der Waals surface area contributed by atoms with E-state index in [1.807, 2.05) is 12.1 Å². The number of benzene rings is 1. The smallest absolute Gasteiger partial charge is 0.118 e. The molecule has 4 aliphatic carbocycles. The van der Waals surface area contributed by atoms with Crippen LogP contribution in [0.4, 0.5) is 0 Å². The van der Waals surface area contributed by atoms with Gasteiger partial charge in [-0.1, -0.05) is 42.8 Å². The van der Waals surface area contributed by atoms with Crippen LogP contribution in [0.3, 0.4) is 0 Å². The van der Waals surface area contributed by atoms with Crippen molar-refractivity contribution in [3.8, 4) is 5.75 Å². The highest BCUT2D eigenvalue weighted by molar-refractivity contribution is 6.09. The van der Waals surface area contributed by atoms with Gasteiger partial charge < -0.3 is 15.1 Å². The fourth-order valence-corrected chi connectivity index (χ4v) is 7.54. The van der Waals surface area contributed by atoms with Gasteiger partial charge in [-0.25, -0.2) is 0 Å². The third kappa shape index (κ3) is 3.17. The maximum atomic E-state index is 10.2. The first-order valence-electron chi connectivity index (χ1n) is 11.8. The Kier molecular flexibility index (Phi) is 5.04. The van der Waals surface area contributed by atoms with Crippen molar-refractivity contribution in [2.45, 2.75) is 64.9 Å². The molecule has 0 bridgehead atoms. The number of hydrogen-bond acceptors (Lipinski definition) is 4. The summed E-state index contributed by atoms with van der Waals surface area (Å²) in [6.07, 6.45) is 11.7. The SMILES string of the molecule is COc1ccc(C=C2C[C@H]3[C@@H]4CC=C5C[C@@H](O)CC[C@]5(C)[C@H]4CC[C@]3(C)C2=NO)cc1. The maximum Gasteiger partial charge on any atom is 0.118 e. The number of methoxy groups -OCH3 is 1. The summed E-state index contributed by atoms with van der Waals surface area (Å²) in [7, 11) is 1.68. The minimum Gasteiger partial charge on any atom is -0.497 e. The van der Waals surface area contributed by atoms with Crippen molar-refractivity contribution < 1.29 is 15.1 Å². The largest absolute Gasteiger partial charge is 0.497 e. The lowest BCUT2D eigenvalue weighted by Gasteiger charge is -2.56. The summed E-state index contributed by atoms with van der Waals surface area (Å²) in [5.74, 6) is 2.63. The van der Waals surface area contributed by atoms with E-state index in [0.29, 0.717) is 17.8 Å². The van der Waals surface area contributed by atoms with Crippen molar-refractivity contribution in [1.82, 2.24) is 0 Å². The zero-order valence-electron chi connectivity index (χ0n) is 19.0. The quantitative estimate of drug-likeness (QED) is 0.358. The monoisotopic (exact) mass is 421 g/mol. The molecule has 4 aliphatic rings. The summed E-state index contributed by atoms with van der Waals surface area (Å²) in [4.78, 5) is 0. The van der Waals surface area contributed by atoms with Gasteiger partial charge in [-0.05, 0) is 97.5 Å². The lowest BCUT2D eigenvalue weighted by Crippen LogP contribution is -2.50. The molecule has 0 spiro atoms. The number of oxime groups is 1. The Morgan fingerprint density at radius 3 is 2.48 bits per heavy atom. The molecule has 1 aromatic carbocycles. The normalized spacial score (nSPS) is 42.0. The van der Waals surface area contributed by atoms with Crippen LogP contribution in [0, 0.1) is 28.6 Å². The van der Waals surface area contributed by atoms with Crippen LogP contribution in [0.5, 0.6) is 5.75 Å². The van der Waals surface area contributed by atoms with Crippen molar-refractivity contribution in [3.63, 3.8) is 0 Å². The van der Waals surface area contributed by atoms with Gasteiger partial charge in [0.2, 0.25) is 0 Å². The second-order valence-corrected chi connectivity index (χ2v) is 10.7. The predicted molar refractivity (Wildman–Crippen MR) is 123 cm³/mol. The number of aliphatic hydroxyl groups excluding tert-OH is 1. The van der Waals surface area contributed by atoms with E-state index in [9.17, 15) is 10.3 Å². The Morgan fingerprint density at radius 2 is 1.77 bits per heavy atom. The van der Waals surface area contributed by atoms with Crippen LogP contribution in [0.2, 0.25) is 0 Å². The van der Waals surface area contributed by atoms with Gasteiger partial charge in [-0.2, -0.15) is 0 Å². The molecule has 0 aromatic heterocycles. The Bertz CT molecular complexity index is 946. The molecule has 1 aromatic rings. The first-order valence-corrected chi connectivity index (χ1v) is 11.8. The zero-order valence-corrected chi connectivity index (χ0v) is 19.0. The van der Waals surface area contributed by atoms with E-state index in [2.05, 4.69) is 43.3 Å². The second kappa shape index (κ2) is 7.51.